The Bertz CT molecular complexity index is 445. The molecule has 0 bridgehead atoms. The van der Waals surface area contributed by atoms with Gasteiger partial charge in [0, 0.05) is 13.0 Å². The van der Waals surface area contributed by atoms with Crippen molar-refractivity contribution in [2.45, 2.75) is 128 Å². The van der Waals surface area contributed by atoms with Crippen LogP contribution in [0.15, 0.2) is 0 Å². The van der Waals surface area contributed by atoms with Crippen LogP contribution in [-0.4, -0.2) is 45.7 Å². The lowest BCUT2D eigenvalue weighted by Crippen LogP contribution is -2.46. The molecule has 0 heterocycles. The van der Waals surface area contributed by atoms with Crippen molar-refractivity contribution in [1.82, 2.24) is 5.09 Å². The number of Topliss-reactive ketones (excluding diaryl/α,β-unsaturated/α-hetero) is 1. The first-order valence-electron chi connectivity index (χ1n) is 12.2. The zero-order chi connectivity index (χ0) is 22.7. The smallest absolute Gasteiger partial charge is 0.167 e. The van der Waals surface area contributed by atoms with Gasteiger partial charge in [0.25, 0.3) is 0 Å². The van der Waals surface area contributed by atoms with E-state index in [0.717, 1.165) is 12.8 Å². The maximum Gasteiger partial charge on any atom is 0.167 e. The normalized spacial score (nSPS) is 15.6. The molecule has 3 unspecified atom stereocenters. The number of unbranched alkanes of at least 4 members (excludes halogenated alkanes) is 14. The summed E-state index contributed by atoms with van der Waals surface area (Å²) in [4.78, 5) is 12.2. The van der Waals surface area contributed by atoms with Crippen LogP contribution < -0.4 is 5.09 Å². The average Bonchev–Trinajstić information content (AvgIpc) is 2.73. The fourth-order valence-electron chi connectivity index (χ4n) is 3.59. The van der Waals surface area contributed by atoms with Gasteiger partial charge in [-0.05, 0) is 13.3 Å². The number of carbonyl (C=O) groups excluding carboxylic acids is 1. The number of hydrogen-bond acceptors (Lipinski definition) is 5. The van der Waals surface area contributed by atoms with Crippen molar-refractivity contribution in [1.29, 1.82) is 0 Å². The number of aliphatic hydroxyl groups is 3. The van der Waals surface area contributed by atoms with Crippen LogP contribution in [0.3, 0.4) is 0 Å². The Balaban J connectivity index is 3.63. The molecule has 30 heavy (non-hydrogen) atoms. The standard InChI is InChI=1S/C23H48NO5P/c1-3-4-5-6-7-8-9-10-11-12-13-14-15-16-17-18-21(26)23(2,28)22(27)30(29)24-19-20-25/h22,25,27-28,30H,3-20H2,1-2H3,(H,24,29). The fourth-order valence-corrected chi connectivity index (χ4v) is 4.82. The highest BCUT2D eigenvalue weighted by molar-refractivity contribution is 7.43. The van der Waals surface area contributed by atoms with Crippen molar-refractivity contribution in [2.24, 2.45) is 0 Å². The molecule has 7 heteroatoms. The van der Waals surface area contributed by atoms with Gasteiger partial charge in [0.1, 0.15) is 0 Å². The SMILES string of the molecule is CCCCCCCCCCCCCCCCCC(=O)C(C)(O)C(O)[PH](=O)NCCO. The second-order valence-electron chi connectivity index (χ2n) is 8.69. The minimum absolute atomic E-state index is 0.0537. The van der Waals surface area contributed by atoms with Gasteiger partial charge >= 0.3 is 0 Å². The van der Waals surface area contributed by atoms with Crippen molar-refractivity contribution >= 4 is 13.7 Å². The molecule has 0 aliphatic heterocycles. The van der Waals surface area contributed by atoms with Crippen LogP contribution in [0, 0.1) is 0 Å². The summed E-state index contributed by atoms with van der Waals surface area (Å²) in [5.74, 6) is -2.12. The Morgan fingerprint density at radius 2 is 1.27 bits per heavy atom. The highest BCUT2D eigenvalue weighted by atomic mass is 31.1. The monoisotopic (exact) mass is 449 g/mol. The van der Waals surface area contributed by atoms with Crippen molar-refractivity contribution in [3.63, 3.8) is 0 Å². The lowest BCUT2D eigenvalue weighted by Gasteiger charge is -2.27. The molecule has 0 aliphatic carbocycles. The van der Waals surface area contributed by atoms with Crippen LogP contribution in [0.1, 0.15) is 117 Å². The van der Waals surface area contributed by atoms with Crippen molar-refractivity contribution < 1.29 is 24.7 Å². The van der Waals surface area contributed by atoms with Crippen LogP contribution in [0.25, 0.3) is 0 Å². The highest BCUT2D eigenvalue weighted by Gasteiger charge is 2.40. The number of nitrogens with one attached hydrogen (secondary N) is 1. The topological polar surface area (TPSA) is 107 Å². The maximum absolute atomic E-state index is 12.2. The van der Waals surface area contributed by atoms with Crippen LogP contribution in [-0.2, 0) is 9.36 Å². The molecule has 6 nitrogen and oxygen atoms in total. The van der Waals surface area contributed by atoms with Gasteiger partial charge in [0.05, 0.1) is 6.61 Å². The lowest BCUT2D eigenvalue weighted by atomic mass is 9.96. The van der Waals surface area contributed by atoms with E-state index in [2.05, 4.69) is 12.0 Å². The molecule has 0 aromatic carbocycles. The van der Waals surface area contributed by atoms with E-state index < -0.39 is 25.2 Å². The number of hydrogen-bond donors (Lipinski definition) is 4. The molecule has 180 valence electrons. The van der Waals surface area contributed by atoms with E-state index in [-0.39, 0.29) is 19.6 Å². The van der Waals surface area contributed by atoms with E-state index in [9.17, 15) is 19.6 Å². The Morgan fingerprint density at radius 1 is 0.867 bits per heavy atom. The average molecular weight is 450 g/mol. The fraction of sp³-hybridized carbons (Fsp3) is 0.957. The van der Waals surface area contributed by atoms with Crippen LogP contribution in [0.5, 0.6) is 0 Å². The molecule has 0 saturated carbocycles. The number of ketones is 1. The van der Waals surface area contributed by atoms with Gasteiger partial charge in [-0.1, -0.05) is 96.8 Å². The van der Waals surface area contributed by atoms with E-state index in [1.807, 2.05) is 0 Å². The minimum Gasteiger partial charge on any atom is -0.395 e. The molecule has 3 atom stereocenters. The van der Waals surface area contributed by atoms with Crippen molar-refractivity contribution in [3.05, 3.63) is 0 Å². The van der Waals surface area contributed by atoms with Crippen molar-refractivity contribution in [2.75, 3.05) is 13.2 Å². The predicted molar refractivity (Wildman–Crippen MR) is 125 cm³/mol. The van der Waals surface area contributed by atoms with Crippen LogP contribution in [0.4, 0.5) is 0 Å². The first-order chi connectivity index (χ1) is 14.4. The number of aliphatic hydroxyl groups excluding tert-OH is 2. The molecule has 0 aromatic rings. The summed E-state index contributed by atoms with van der Waals surface area (Å²) in [6, 6.07) is 0. The Morgan fingerprint density at radius 3 is 1.67 bits per heavy atom. The predicted octanol–water partition coefficient (Wildman–Crippen LogP) is 4.94. The molecule has 0 rings (SSSR count). The molecule has 0 aliphatic rings. The van der Waals surface area contributed by atoms with Gasteiger partial charge in [0.15, 0.2) is 25.2 Å². The summed E-state index contributed by atoms with van der Waals surface area (Å²) >= 11 is 0. The molecule has 0 fully saturated rings. The van der Waals surface area contributed by atoms with Crippen molar-refractivity contribution in [3.8, 4) is 0 Å². The summed E-state index contributed by atoms with van der Waals surface area (Å²) in [6.45, 7) is 3.30. The van der Waals surface area contributed by atoms with E-state index in [1.165, 1.54) is 84.0 Å². The molecule has 4 N–H and O–H groups in total. The highest BCUT2D eigenvalue weighted by Crippen LogP contribution is 2.31. The maximum atomic E-state index is 12.2. The second-order valence-corrected chi connectivity index (χ2v) is 10.3. The summed E-state index contributed by atoms with van der Waals surface area (Å²) in [5, 5.41) is 31.4. The third-order valence-corrected chi connectivity index (χ3v) is 7.42. The molecule has 0 spiro atoms. The summed E-state index contributed by atoms with van der Waals surface area (Å²) < 4.78 is 11.9. The second kappa shape index (κ2) is 19.4. The lowest BCUT2D eigenvalue weighted by molar-refractivity contribution is -0.142. The van der Waals surface area contributed by atoms with Gasteiger partial charge < -0.3 is 19.9 Å². The molecule has 0 aromatic heterocycles. The molecule has 0 radical (unpaired) electrons. The molecule has 0 amide bonds. The van der Waals surface area contributed by atoms with E-state index in [4.69, 9.17) is 5.11 Å². The van der Waals surface area contributed by atoms with E-state index >= 15 is 0 Å². The summed E-state index contributed by atoms with van der Waals surface area (Å²) in [7, 11) is -2.77. The Labute approximate surface area is 185 Å². The minimum atomic E-state index is -2.77. The number of carbonyl (C=O) groups is 1. The van der Waals surface area contributed by atoms with E-state index in [1.54, 1.807) is 0 Å². The first-order valence-corrected chi connectivity index (χ1v) is 13.7. The Hall–Kier alpha value is -0.260. The third kappa shape index (κ3) is 14.7. The van der Waals surface area contributed by atoms with Gasteiger partial charge in [-0.15, -0.1) is 0 Å². The molecular formula is C23H48NO5P. The largest absolute Gasteiger partial charge is 0.395 e. The van der Waals surface area contributed by atoms with Gasteiger partial charge in [-0.2, -0.15) is 0 Å². The third-order valence-electron chi connectivity index (χ3n) is 5.76. The van der Waals surface area contributed by atoms with Gasteiger partial charge in [-0.3, -0.25) is 9.88 Å². The zero-order valence-corrected chi connectivity index (χ0v) is 20.5. The molecular weight excluding hydrogens is 401 g/mol. The Kier molecular flexibility index (Phi) is 19.3. The van der Waals surface area contributed by atoms with Gasteiger partial charge in [-0.25, -0.2) is 0 Å². The molecule has 0 saturated heterocycles. The van der Waals surface area contributed by atoms with E-state index in [0.29, 0.717) is 6.42 Å². The van der Waals surface area contributed by atoms with Crippen LogP contribution >= 0.6 is 7.95 Å². The quantitative estimate of drug-likeness (QED) is 0.138. The summed E-state index contributed by atoms with van der Waals surface area (Å²) in [6.07, 6.45) is 18.8. The first kappa shape index (κ1) is 29.7. The van der Waals surface area contributed by atoms with Crippen LogP contribution in [0.2, 0.25) is 0 Å². The van der Waals surface area contributed by atoms with Gasteiger partial charge in [0.2, 0.25) is 0 Å². The zero-order valence-electron chi connectivity index (χ0n) is 19.5. The number of rotatable bonds is 22. The summed E-state index contributed by atoms with van der Waals surface area (Å²) in [5.41, 5.74) is -2.02.